The second kappa shape index (κ2) is 6.64. The van der Waals surface area contributed by atoms with Crippen molar-refractivity contribution >= 4 is 31.9 Å². The molecule has 1 nitrogen and oxygen atoms in total. The minimum Gasteiger partial charge on any atom is -0.307 e. The van der Waals surface area contributed by atoms with Crippen LogP contribution in [0.25, 0.3) is 0 Å². The van der Waals surface area contributed by atoms with Gasteiger partial charge in [-0.2, -0.15) is 0 Å². The molecule has 1 N–H and O–H groups in total. The monoisotopic (exact) mass is 407 g/mol. The van der Waals surface area contributed by atoms with Crippen molar-refractivity contribution in [2.45, 2.75) is 38.3 Å². The molecule has 2 aromatic carbocycles. The highest BCUT2D eigenvalue weighted by Crippen LogP contribution is 2.28. The zero-order chi connectivity index (χ0) is 14.8. The summed E-state index contributed by atoms with van der Waals surface area (Å²) in [4.78, 5) is 0. The smallest absolute Gasteiger partial charge is 0.0305 e. The van der Waals surface area contributed by atoms with E-state index in [9.17, 15) is 0 Å². The number of halogens is 2. The average Bonchev–Trinajstić information content (AvgIpc) is 2.48. The molecule has 0 aliphatic heterocycles. The van der Waals surface area contributed by atoms with Gasteiger partial charge in [-0.3, -0.25) is 0 Å². The quantitative estimate of drug-likeness (QED) is 0.714. The van der Waals surface area contributed by atoms with Crippen molar-refractivity contribution in [3.05, 3.63) is 68.1 Å². The highest BCUT2D eigenvalue weighted by atomic mass is 79.9. The Kier molecular flexibility index (Phi) is 4.82. The first kappa shape index (κ1) is 15.3. The third-order valence-corrected chi connectivity index (χ3v) is 5.47. The molecule has 2 atom stereocenters. The lowest BCUT2D eigenvalue weighted by molar-refractivity contribution is 0.413. The van der Waals surface area contributed by atoms with Crippen LogP contribution in [0.4, 0.5) is 0 Å². The van der Waals surface area contributed by atoms with E-state index in [2.05, 4.69) is 86.6 Å². The first-order chi connectivity index (χ1) is 10.1. The maximum Gasteiger partial charge on any atom is 0.0305 e. The highest BCUT2D eigenvalue weighted by Gasteiger charge is 2.21. The van der Waals surface area contributed by atoms with E-state index >= 15 is 0 Å². The molecule has 1 aliphatic rings. The number of hydrogen-bond donors (Lipinski definition) is 1. The normalized spacial score (nSPS) is 19.1. The zero-order valence-corrected chi connectivity index (χ0v) is 15.2. The Hall–Kier alpha value is -0.640. The Morgan fingerprint density at radius 3 is 2.71 bits per heavy atom. The van der Waals surface area contributed by atoms with Gasteiger partial charge in [0.1, 0.15) is 0 Å². The number of rotatable bonds is 3. The fraction of sp³-hybridized carbons (Fsp3) is 0.333. The topological polar surface area (TPSA) is 12.0 Å². The van der Waals surface area contributed by atoms with E-state index in [1.54, 1.807) is 0 Å². The highest BCUT2D eigenvalue weighted by molar-refractivity contribution is 9.10. The van der Waals surface area contributed by atoms with Crippen LogP contribution in [-0.2, 0) is 12.8 Å². The van der Waals surface area contributed by atoms with E-state index < -0.39 is 0 Å². The molecule has 2 aromatic rings. The van der Waals surface area contributed by atoms with Gasteiger partial charge in [0.25, 0.3) is 0 Å². The summed E-state index contributed by atoms with van der Waals surface area (Å²) < 4.78 is 2.37. The van der Waals surface area contributed by atoms with Crippen LogP contribution in [-0.4, -0.2) is 6.04 Å². The molecular formula is C18H19Br2N. The summed E-state index contributed by atoms with van der Waals surface area (Å²) in [7, 11) is 0. The molecule has 0 fully saturated rings. The van der Waals surface area contributed by atoms with Crippen LogP contribution in [0.15, 0.2) is 51.4 Å². The summed E-state index contributed by atoms with van der Waals surface area (Å²) in [6.07, 6.45) is 3.49. The van der Waals surface area contributed by atoms with Gasteiger partial charge in [-0.25, -0.2) is 0 Å². The Labute approximate surface area is 143 Å². The summed E-state index contributed by atoms with van der Waals surface area (Å²) in [6, 6.07) is 16.1. The molecule has 1 aliphatic carbocycles. The maximum absolute atomic E-state index is 3.79. The Morgan fingerprint density at radius 2 is 1.90 bits per heavy atom. The van der Waals surface area contributed by atoms with Gasteiger partial charge in [-0.1, -0.05) is 56.1 Å². The Bertz CT molecular complexity index is 639. The van der Waals surface area contributed by atoms with E-state index in [1.807, 2.05) is 0 Å². The van der Waals surface area contributed by atoms with Crippen molar-refractivity contribution in [2.75, 3.05) is 0 Å². The molecular weight excluding hydrogens is 390 g/mol. The second-order valence-electron chi connectivity index (χ2n) is 5.76. The predicted octanol–water partition coefficient (Wildman–Crippen LogP) is 5.42. The van der Waals surface area contributed by atoms with Crippen molar-refractivity contribution in [1.29, 1.82) is 0 Å². The van der Waals surface area contributed by atoms with Crippen LogP contribution in [0.5, 0.6) is 0 Å². The maximum atomic E-state index is 3.79. The average molecular weight is 409 g/mol. The lowest BCUT2D eigenvalue weighted by atomic mass is 9.88. The van der Waals surface area contributed by atoms with Gasteiger partial charge in [-0.15, -0.1) is 0 Å². The SMILES string of the molecule is C[C@H](NC1CCc2cc(Br)ccc2C1)c1ccccc1Br. The number of benzene rings is 2. The standard InChI is InChI=1S/C18H19Br2N/c1-12(17-4-2-3-5-18(17)20)21-16-9-7-13-10-15(19)8-6-14(13)11-16/h2-6,8,10,12,16,21H,7,9,11H2,1H3/t12-,16?/m0/s1. The van der Waals surface area contributed by atoms with Crippen molar-refractivity contribution in [1.82, 2.24) is 5.32 Å². The zero-order valence-electron chi connectivity index (χ0n) is 12.1. The molecule has 0 bridgehead atoms. The van der Waals surface area contributed by atoms with Crippen molar-refractivity contribution in [3.8, 4) is 0 Å². The third kappa shape index (κ3) is 3.58. The summed E-state index contributed by atoms with van der Waals surface area (Å²) in [5, 5.41) is 3.79. The molecule has 3 rings (SSSR count). The first-order valence-electron chi connectivity index (χ1n) is 7.41. The van der Waals surface area contributed by atoms with Gasteiger partial charge in [0.05, 0.1) is 0 Å². The summed E-state index contributed by atoms with van der Waals surface area (Å²) in [5.41, 5.74) is 4.32. The fourth-order valence-electron chi connectivity index (χ4n) is 3.14. The Morgan fingerprint density at radius 1 is 1.10 bits per heavy atom. The summed E-state index contributed by atoms with van der Waals surface area (Å²) in [6.45, 7) is 2.25. The first-order valence-corrected chi connectivity index (χ1v) is 9.00. The van der Waals surface area contributed by atoms with Gasteiger partial charge in [-0.05, 0) is 61.1 Å². The number of fused-ring (bicyclic) bond motifs is 1. The number of nitrogens with one attached hydrogen (secondary N) is 1. The lowest BCUT2D eigenvalue weighted by Crippen LogP contribution is -2.36. The van der Waals surface area contributed by atoms with Crippen molar-refractivity contribution < 1.29 is 0 Å². The molecule has 0 spiro atoms. The summed E-state index contributed by atoms with van der Waals surface area (Å²) in [5.74, 6) is 0. The fourth-order valence-corrected chi connectivity index (χ4v) is 4.17. The van der Waals surface area contributed by atoms with E-state index in [0.717, 1.165) is 12.8 Å². The van der Waals surface area contributed by atoms with Crippen molar-refractivity contribution in [2.24, 2.45) is 0 Å². The number of aryl methyl sites for hydroxylation is 1. The van der Waals surface area contributed by atoms with Crippen LogP contribution in [0, 0.1) is 0 Å². The predicted molar refractivity (Wildman–Crippen MR) is 95.6 cm³/mol. The molecule has 0 saturated carbocycles. The minimum atomic E-state index is 0.363. The molecule has 0 saturated heterocycles. The molecule has 0 amide bonds. The van der Waals surface area contributed by atoms with E-state index in [4.69, 9.17) is 0 Å². The molecule has 0 radical (unpaired) electrons. The lowest BCUT2D eigenvalue weighted by Gasteiger charge is -2.29. The largest absolute Gasteiger partial charge is 0.307 e. The van der Waals surface area contributed by atoms with Crippen LogP contribution in [0.2, 0.25) is 0 Å². The van der Waals surface area contributed by atoms with Crippen LogP contribution in [0.1, 0.15) is 36.1 Å². The van der Waals surface area contributed by atoms with Gasteiger partial charge in [0.15, 0.2) is 0 Å². The minimum absolute atomic E-state index is 0.363. The van der Waals surface area contributed by atoms with Gasteiger partial charge >= 0.3 is 0 Å². The van der Waals surface area contributed by atoms with E-state index in [1.165, 1.54) is 32.1 Å². The Balaban J connectivity index is 1.70. The van der Waals surface area contributed by atoms with Gasteiger partial charge < -0.3 is 5.32 Å². The molecule has 110 valence electrons. The van der Waals surface area contributed by atoms with E-state index in [0.29, 0.717) is 12.1 Å². The number of hydrogen-bond acceptors (Lipinski definition) is 1. The van der Waals surface area contributed by atoms with Crippen molar-refractivity contribution in [3.63, 3.8) is 0 Å². The molecule has 0 aromatic heterocycles. The van der Waals surface area contributed by atoms with Crippen LogP contribution < -0.4 is 5.32 Å². The molecule has 0 heterocycles. The van der Waals surface area contributed by atoms with Gasteiger partial charge in [0.2, 0.25) is 0 Å². The molecule has 1 unspecified atom stereocenters. The second-order valence-corrected chi connectivity index (χ2v) is 7.53. The van der Waals surface area contributed by atoms with Crippen LogP contribution >= 0.6 is 31.9 Å². The third-order valence-electron chi connectivity index (χ3n) is 4.25. The molecule has 21 heavy (non-hydrogen) atoms. The van der Waals surface area contributed by atoms with Gasteiger partial charge in [0, 0.05) is 21.0 Å². The summed E-state index contributed by atoms with van der Waals surface area (Å²) >= 11 is 7.21. The molecule has 3 heteroatoms. The van der Waals surface area contributed by atoms with Crippen LogP contribution in [0.3, 0.4) is 0 Å². The van der Waals surface area contributed by atoms with E-state index in [-0.39, 0.29) is 0 Å².